The highest BCUT2D eigenvalue weighted by molar-refractivity contribution is 7.93. The van der Waals surface area contributed by atoms with Crippen LogP contribution in [0.1, 0.15) is 29.2 Å². The van der Waals surface area contributed by atoms with Crippen molar-refractivity contribution >= 4 is 27.3 Å². The summed E-state index contributed by atoms with van der Waals surface area (Å²) in [6.45, 7) is 6.03. The van der Waals surface area contributed by atoms with E-state index < -0.39 is 21.5 Å². The number of piperazine rings is 1. The number of aromatic nitrogens is 1. The first-order valence-corrected chi connectivity index (χ1v) is 17.3. The molecule has 6 rings (SSSR count). The van der Waals surface area contributed by atoms with E-state index in [1.165, 1.54) is 44.6 Å². The molecule has 1 atom stereocenters. The molecule has 0 radical (unpaired) electrons. The molecule has 1 N–H and O–H groups in total. The molecular weight excluding hydrogens is 644 g/mol. The molecule has 1 unspecified atom stereocenters. The lowest BCUT2D eigenvalue weighted by Gasteiger charge is -2.34. The van der Waals surface area contributed by atoms with Crippen LogP contribution in [-0.2, 0) is 26.9 Å². The number of methoxy groups -OCH3 is 2. The number of rotatable bonds is 11. The Morgan fingerprint density at radius 1 is 0.959 bits per heavy atom. The molecule has 3 heterocycles. The third-order valence-corrected chi connectivity index (χ3v) is 10.7. The molecule has 1 fully saturated rings. The predicted octanol–water partition coefficient (Wildman–Crippen LogP) is 3.89. The zero-order valence-electron chi connectivity index (χ0n) is 27.8. The maximum atomic E-state index is 15.1. The summed E-state index contributed by atoms with van der Waals surface area (Å²) in [6.07, 6.45) is 1.54. The Bertz CT molecular complexity index is 2010. The summed E-state index contributed by atoms with van der Waals surface area (Å²) < 4.78 is 46.6. The van der Waals surface area contributed by atoms with E-state index in [1.807, 2.05) is 12.1 Å². The SMILES string of the molecule is CCOc1ncccc1C1(NCc2ccc(N3CCN(C)CC3)cc2)C(=O)N(S(=O)(=O)c2ccc(OC)cc2OC)c2ccc(C#N)cc21. The van der Waals surface area contributed by atoms with Crippen LogP contribution < -0.4 is 28.7 Å². The number of ether oxygens (including phenoxy) is 3. The fourth-order valence-corrected chi connectivity index (χ4v) is 7.97. The van der Waals surface area contributed by atoms with Crippen molar-refractivity contribution in [2.45, 2.75) is 23.9 Å². The largest absolute Gasteiger partial charge is 0.497 e. The van der Waals surface area contributed by atoms with Crippen molar-refractivity contribution < 1.29 is 27.4 Å². The van der Waals surface area contributed by atoms with E-state index in [9.17, 15) is 13.7 Å². The van der Waals surface area contributed by atoms with Crippen LogP contribution in [0, 0.1) is 11.3 Å². The number of nitriles is 1. The van der Waals surface area contributed by atoms with Crippen LogP contribution in [0.25, 0.3) is 0 Å². The first-order valence-electron chi connectivity index (χ1n) is 15.9. The van der Waals surface area contributed by atoms with E-state index in [1.54, 1.807) is 31.3 Å². The van der Waals surface area contributed by atoms with Crippen LogP contribution in [0.3, 0.4) is 0 Å². The predicted molar refractivity (Wildman–Crippen MR) is 185 cm³/mol. The second-order valence-corrected chi connectivity index (χ2v) is 13.5. The highest BCUT2D eigenvalue weighted by Gasteiger charge is 2.58. The van der Waals surface area contributed by atoms with Gasteiger partial charge >= 0.3 is 0 Å². The van der Waals surface area contributed by atoms with Gasteiger partial charge in [0.25, 0.3) is 15.9 Å². The molecule has 1 amide bonds. The van der Waals surface area contributed by atoms with Gasteiger partial charge in [0.05, 0.1) is 38.1 Å². The van der Waals surface area contributed by atoms with E-state index >= 15 is 4.79 Å². The first kappa shape index (κ1) is 33.7. The number of nitrogens with one attached hydrogen (secondary N) is 1. The van der Waals surface area contributed by atoms with Crippen LogP contribution in [0.5, 0.6) is 17.4 Å². The van der Waals surface area contributed by atoms with Gasteiger partial charge in [-0.15, -0.1) is 0 Å². The summed E-state index contributed by atoms with van der Waals surface area (Å²) in [5, 5.41) is 13.4. The van der Waals surface area contributed by atoms with Crippen molar-refractivity contribution in [3.63, 3.8) is 0 Å². The summed E-state index contributed by atoms with van der Waals surface area (Å²) in [5.74, 6) is -0.261. The van der Waals surface area contributed by atoms with Gasteiger partial charge in [0.2, 0.25) is 5.88 Å². The van der Waals surface area contributed by atoms with Crippen molar-refractivity contribution in [3.8, 4) is 23.4 Å². The number of hydrogen-bond donors (Lipinski definition) is 1. The van der Waals surface area contributed by atoms with E-state index in [2.05, 4.69) is 45.4 Å². The number of carbonyl (C=O) groups excluding carboxylic acids is 1. The number of nitrogens with zero attached hydrogens (tertiary/aromatic N) is 5. The van der Waals surface area contributed by atoms with E-state index in [0.29, 0.717) is 11.3 Å². The zero-order chi connectivity index (χ0) is 34.8. The number of likely N-dealkylation sites (N-methyl/N-ethyl adjacent to an activating group) is 1. The Morgan fingerprint density at radius 2 is 1.71 bits per heavy atom. The summed E-state index contributed by atoms with van der Waals surface area (Å²) in [5.41, 5.74) is 1.07. The van der Waals surface area contributed by atoms with Crippen molar-refractivity contribution in [2.24, 2.45) is 0 Å². The van der Waals surface area contributed by atoms with Gasteiger partial charge in [-0.3, -0.25) is 10.1 Å². The molecular formula is C36H38N6O6S. The summed E-state index contributed by atoms with van der Waals surface area (Å²) >= 11 is 0. The fourth-order valence-electron chi connectivity index (χ4n) is 6.36. The summed E-state index contributed by atoms with van der Waals surface area (Å²) in [4.78, 5) is 24.0. The number of fused-ring (bicyclic) bond motifs is 1. The highest BCUT2D eigenvalue weighted by Crippen LogP contribution is 2.50. The molecule has 0 aliphatic carbocycles. The number of sulfonamides is 1. The molecule has 1 aromatic heterocycles. The Labute approximate surface area is 286 Å². The van der Waals surface area contributed by atoms with Gasteiger partial charge in [-0.05, 0) is 74.1 Å². The highest BCUT2D eigenvalue weighted by atomic mass is 32.2. The van der Waals surface area contributed by atoms with Gasteiger partial charge in [-0.1, -0.05) is 12.1 Å². The van der Waals surface area contributed by atoms with Gasteiger partial charge in [0, 0.05) is 61.8 Å². The van der Waals surface area contributed by atoms with Crippen molar-refractivity contribution in [1.29, 1.82) is 5.26 Å². The third kappa shape index (κ3) is 6.03. The minimum absolute atomic E-state index is 0.00428. The van der Waals surface area contributed by atoms with E-state index in [0.717, 1.165) is 41.7 Å². The molecule has 4 aromatic rings. The van der Waals surface area contributed by atoms with Crippen LogP contribution in [0.2, 0.25) is 0 Å². The number of hydrogen-bond acceptors (Lipinski definition) is 11. The fraction of sp³-hybridized carbons (Fsp3) is 0.306. The number of anilines is 2. The maximum Gasteiger partial charge on any atom is 0.274 e. The van der Waals surface area contributed by atoms with E-state index in [-0.39, 0.29) is 46.5 Å². The maximum absolute atomic E-state index is 15.1. The number of benzene rings is 3. The molecule has 1 saturated heterocycles. The summed E-state index contributed by atoms with van der Waals surface area (Å²) in [7, 11) is 0.330. The average molecular weight is 683 g/mol. The Hall–Kier alpha value is -5.16. The van der Waals surface area contributed by atoms with E-state index in [4.69, 9.17) is 14.2 Å². The second kappa shape index (κ2) is 13.8. The minimum atomic E-state index is -4.59. The molecule has 13 heteroatoms. The van der Waals surface area contributed by atoms with Crippen molar-refractivity contribution in [2.75, 3.05) is 63.3 Å². The van der Waals surface area contributed by atoms with Crippen LogP contribution >= 0.6 is 0 Å². The number of amides is 1. The van der Waals surface area contributed by atoms with Crippen molar-refractivity contribution in [1.82, 2.24) is 15.2 Å². The molecule has 2 aliphatic rings. The lowest BCUT2D eigenvalue weighted by molar-refractivity contribution is -0.121. The quantitative estimate of drug-likeness (QED) is 0.247. The lowest BCUT2D eigenvalue weighted by Crippen LogP contribution is -2.52. The molecule has 0 spiro atoms. The molecule has 49 heavy (non-hydrogen) atoms. The smallest absolute Gasteiger partial charge is 0.274 e. The van der Waals surface area contributed by atoms with Gasteiger partial charge < -0.3 is 24.0 Å². The third-order valence-electron chi connectivity index (χ3n) is 8.96. The molecule has 12 nitrogen and oxygen atoms in total. The standard InChI is InChI=1S/C36H38N6O6S/c1-5-48-34-29(7-6-16-38-34)36(39-24-25-8-11-27(12-9-25)41-19-17-40(2)18-20-41)30-21-26(23-37)10-14-31(30)42(35(36)43)49(44,45)33-15-13-28(46-3)22-32(33)47-4/h6-16,21-22,39H,5,17-20,24H2,1-4H3. The monoisotopic (exact) mass is 682 g/mol. The topological polar surface area (TPSA) is 137 Å². The minimum Gasteiger partial charge on any atom is -0.497 e. The van der Waals surface area contributed by atoms with Crippen molar-refractivity contribution in [3.05, 3.63) is 101 Å². The van der Waals surface area contributed by atoms with Gasteiger partial charge in [0.1, 0.15) is 16.4 Å². The van der Waals surface area contributed by atoms with Gasteiger partial charge in [-0.25, -0.2) is 17.7 Å². The molecule has 254 valence electrons. The normalized spacial score (nSPS) is 17.8. The molecule has 3 aromatic carbocycles. The van der Waals surface area contributed by atoms with Crippen LogP contribution in [0.4, 0.5) is 11.4 Å². The van der Waals surface area contributed by atoms with Crippen LogP contribution in [-0.4, -0.2) is 78.3 Å². The molecule has 2 aliphatic heterocycles. The average Bonchev–Trinajstić information content (AvgIpc) is 3.38. The molecule has 0 saturated carbocycles. The number of pyridine rings is 1. The lowest BCUT2D eigenvalue weighted by atomic mass is 9.83. The second-order valence-electron chi connectivity index (χ2n) is 11.8. The first-order chi connectivity index (χ1) is 23.7. The zero-order valence-corrected chi connectivity index (χ0v) is 28.7. The van der Waals surface area contributed by atoms with Gasteiger partial charge in [-0.2, -0.15) is 5.26 Å². The number of carbonyl (C=O) groups is 1. The Balaban J connectivity index is 1.49. The van der Waals surface area contributed by atoms with Crippen LogP contribution in [0.15, 0.2) is 83.9 Å². The molecule has 0 bridgehead atoms. The summed E-state index contributed by atoms with van der Waals surface area (Å²) in [6, 6.07) is 22.3. The Kier molecular flexibility index (Phi) is 9.47. The van der Waals surface area contributed by atoms with Gasteiger partial charge in [0.15, 0.2) is 5.54 Å². The Morgan fingerprint density at radius 3 is 2.39 bits per heavy atom.